The molecule has 0 fully saturated rings. The second-order valence-corrected chi connectivity index (χ2v) is 4.30. The molecule has 0 unspecified atom stereocenters. The van der Waals surface area contributed by atoms with E-state index >= 15 is 0 Å². The lowest BCUT2D eigenvalue weighted by Crippen LogP contribution is -1.74. The van der Waals surface area contributed by atoms with E-state index < -0.39 is 0 Å². The molecule has 3 heteroatoms. The summed E-state index contributed by atoms with van der Waals surface area (Å²) >= 11 is 13.4. The van der Waals surface area contributed by atoms with E-state index in [4.69, 9.17) is 11.6 Å². The zero-order chi connectivity index (χ0) is 9.68. The maximum Gasteiger partial charge on any atom is 0.0548 e. The van der Waals surface area contributed by atoms with Gasteiger partial charge in [0, 0.05) is 4.47 Å². The highest BCUT2D eigenvalue weighted by atomic mass is 79.9. The monoisotopic (exact) mass is 276 g/mol. The van der Waals surface area contributed by atoms with Gasteiger partial charge < -0.3 is 0 Å². The largest absolute Gasteiger partial charge is 0.179 e. The Balaban J connectivity index is 2.73. The van der Waals surface area contributed by atoms with Crippen LogP contribution in [-0.2, 0) is 0 Å². The van der Waals surface area contributed by atoms with Crippen molar-refractivity contribution in [2.45, 2.75) is 6.42 Å². The average Bonchev–Trinajstić information content (AvgIpc) is 2.12. The number of allylic oxidation sites excluding steroid dienone is 1. The zero-order valence-corrected chi connectivity index (χ0v) is 10.2. The van der Waals surface area contributed by atoms with Gasteiger partial charge in [-0.25, -0.2) is 0 Å². The first kappa shape index (κ1) is 11.2. The van der Waals surface area contributed by atoms with Gasteiger partial charge in [-0.05, 0) is 45.8 Å². The molecule has 13 heavy (non-hydrogen) atoms. The summed E-state index contributed by atoms with van der Waals surface area (Å²) < 4.78 is 0.933. The first-order valence-corrected chi connectivity index (χ1v) is 5.77. The van der Waals surface area contributed by atoms with E-state index in [0.29, 0.717) is 0 Å². The lowest BCUT2D eigenvalue weighted by atomic mass is 10.2. The topological polar surface area (TPSA) is 0 Å². The van der Waals surface area contributed by atoms with E-state index in [1.54, 1.807) is 0 Å². The van der Waals surface area contributed by atoms with Crippen LogP contribution in [-0.4, -0.2) is 5.75 Å². The van der Waals surface area contributed by atoms with Crippen LogP contribution in [0.25, 0.3) is 6.08 Å². The van der Waals surface area contributed by atoms with Gasteiger partial charge in [-0.15, -0.1) is 0 Å². The van der Waals surface area contributed by atoms with E-state index in [2.05, 4.69) is 40.7 Å². The summed E-state index contributed by atoms with van der Waals surface area (Å²) in [6, 6.07) is 5.87. The highest BCUT2D eigenvalue weighted by Crippen LogP contribution is 2.23. The Morgan fingerprint density at radius 1 is 1.46 bits per heavy atom. The first-order chi connectivity index (χ1) is 6.24. The van der Waals surface area contributed by atoms with Gasteiger partial charge in [0.05, 0.1) is 5.02 Å². The van der Waals surface area contributed by atoms with Crippen molar-refractivity contribution in [2.24, 2.45) is 0 Å². The fourth-order valence-electron chi connectivity index (χ4n) is 0.910. The molecule has 0 saturated carbocycles. The fourth-order valence-corrected chi connectivity index (χ4v) is 1.57. The van der Waals surface area contributed by atoms with E-state index in [-0.39, 0.29) is 0 Å². The Labute approximate surface area is 97.5 Å². The van der Waals surface area contributed by atoms with E-state index in [0.717, 1.165) is 27.2 Å². The third kappa shape index (κ3) is 3.75. The molecule has 0 bridgehead atoms. The van der Waals surface area contributed by atoms with E-state index in [1.165, 1.54) is 0 Å². The maximum absolute atomic E-state index is 5.86. The molecule has 1 rings (SSSR count). The van der Waals surface area contributed by atoms with Gasteiger partial charge in [-0.3, -0.25) is 0 Å². The van der Waals surface area contributed by atoms with Crippen LogP contribution in [0.4, 0.5) is 0 Å². The smallest absolute Gasteiger partial charge is 0.0548 e. The SMILES string of the molecule is SCCC=Cc1ccc(Cl)c(Br)c1. The Kier molecular flexibility index (Phi) is 4.92. The summed E-state index contributed by atoms with van der Waals surface area (Å²) in [7, 11) is 0. The molecule has 0 nitrogen and oxygen atoms in total. The van der Waals surface area contributed by atoms with Crippen LogP contribution in [0.15, 0.2) is 28.7 Å². The Morgan fingerprint density at radius 2 is 2.23 bits per heavy atom. The minimum absolute atomic E-state index is 0.742. The van der Waals surface area contributed by atoms with Gasteiger partial charge in [0.1, 0.15) is 0 Å². The van der Waals surface area contributed by atoms with Crippen LogP contribution >= 0.6 is 40.2 Å². The molecular formula is C10H10BrClS. The van der Waals surface area contributed by atoms with Gasteiger partial charge in [-0.1, -0.05) is 29.8 Å². The number of hydrogen-bond donors (Lipinski definition) is 1. The number of halogens is 2. The number of thiol groups is 1. The van der Waals surface area contributed by atoms with Crippen molar-refractivity contribution in [3.63, 3.8) is 0 Å². The molecule has 0 aliphatic rings. The van der Waals surface area contributed by atoms with Crippen molar-refractivity contribution in [1.29, 1.82) is 0 Å². The quantitative estimate of drug-likeness (QED) is 0.776. The molecule has 0 heterocycles. The lowest BCUT2D eigenvalue weighted by Gasteiger charge is -1.97. The van der Waals surface area contributed by atoms with Crippen LogP contribution < -0.4 is 0 Å². The summed E-state index contributed by atoms with van der Waals surface area (Å²) in [6.07, 6.45) is 5.16. The third-order valence-electron chi connectivity index (χ3n) is 1.55. The molecule has 1 aromatic rings. The number of rotatable bonds is 3. The molecule has 1 aromatic carbocycles. The Morgan fingerprint density at radius 3 is 2.85 bits per heavy atom. The molecule has 0 atom stereocenters. The van der Waals surface area contributed by atoms with Crippen molar-refractivity contribution in [1.82, 2.24) is 0 Å². The summed E-state index contributed by atoms with van der Waals surface area (Å²) in [5.74, 6) is 0.880. The van der Waals surface area contributed by atoms with Gasteiger partial charge in [0.25, 0.3) is 0 Å². The summed E-state index contributed by atoms with van der Waals surface area (Å²) in [5.41, 5.74) is 1.15. The number of benzene rings is 1. The van der Waals surface area contributed by atoms with Crippen LogP contribution in [0, 0.1) is 0 Å². The maximum atomic E-state index is 5.86. The zero-order valence-electron chi connectivity index (χ0n) is 7.00. The highest BCUT2D eigenvalue weighted by molar-refractivity contribution is 9.10. The van der Waals surface area contributed by atoms with Crippen molar-refractivity contribution in [3.8, 4) is 0 Å². The van der Waals surface area contributed by atoms with Gasteiger partial charge in [0.15, 0.2) is 0 Å². The molecule has 0 aromatic heterocycles. The summed E-state index contributed by atoms with van der Waals surface area (Å²) in [4.78, 5) is 0. The third-order valence-corrected chi connectivity index (χ3v) is 3.02. The lowest BCUT2D eigenvalue weighted by molar-refractivity contribution is 1.26. The van der Waals surface area contributed by atoms with Crippen LogP contribution in [0.1, 0.15) is 12.0 Å². The molecule has 0 saturated heterocycles. The highest BCUT2D eigenvalue weighted by Gasteiger charge is 1.95. The molecule has 0 aliphatic carbocycles. The minimum Gasteiger partial charge on any atom is -0.179 e. The predicted molar refractivity (Wildman–Crippen MR) is 66.7 cm³/mol. The minimum atomic E-state index is 0.742. The van der Waals surface area contributed by atoms with Crippen LogP contribution in [0.2, 0.25) is 5.02 Å². The Bertz CT molecular complexity index is 310. The van der Waals surface area contributed by atoms with Crippen molar-refractivity contribution in [3.05, 3.63) is 39.3 Å². The number of hydrogen-bond acceptors (Lipinski definition) is 1. The molecule has 70 valence electrons. The van der Waals surface area contributed by atoms with Crippen molar-refractivity contribution in [2.75, 3.05) is 5.75 Å². The van der Waals surface area contributed by atoms with Crippen molar-refractivity contribution < 1.29 is 0 Å². The molecule has 0 N–H and O–H groups in total. The molecule has 0 radical (unpaired) electrons. The average molecular weight is 278 g/mol. The van der Waals surface area contributed by atoms with E-state index in [9.17, 15) is 0 Å². The van der Waals surface area contributed by atoms with Crippen molar-refractivity contribution >= 4 is 46.2 Å². The van der Waals surface area contributed by atoms with Gasteiger partial charge in [0.2, 0.25) is 0 Å². The van der Waals surface area contributed by atoms with E-state index in [1.807, 2.05) is 18.2 Å². The van der Waals surface area contributed by atoms with Gasteiger partial charge >= 0.3 is 0 Å². The van der Waals surface area contributed by atoms with Crippen LogP contribution in [0.3, 0.4) is 0 Å². The van der Waals surface area contributed by atoms with Crippen LogP contribution in [0.5, 0.6) is 0 Å². The molecule has 0 aliphatic heterocycles. The predicted octanol–water partition coefficient (Wildman–Crippen LogP) is 4.44. The second kappa shape index (κ2) is 5.74. The Hall–Kier alpha value is 0.0800. The first-order valence-electron chi connectivity index (χ1n) is 3.96. The molecule has 0 spiro atoms. The standard InChI is InChI=1S/C10H10BrClS/c11-9-7-8(3-1-2-6-13)4-5-10(9)12/h1,3-5,7,13H,2,6H2. The van der Waals surface area contributed by atoms with Gasteiger partial charge in [-0.2, -0.15) is 12.6 Å². The second-order valence-electron chi connectivity index (χ2n) is 2.59. The summed E-state index contributed by atoms with van der Waals surface area (Å²) in [5, 5.41) is 0.742. The normalized spacial score (nSPS) is 11.0. The summed E-state index contributed by atoms with van der Waals surface area (Å²) in [6.45, 7) is 0. The molecule has 0 amide bonds. The molecular weight excluding hydrogens is 268 g/mol. The fraction of sp³-hybridized carbons (Fsp3) is 0.200.